The van der Waals surface area contributed by atoms with E-state index in [1.807, 2.05) is 12.1 Å². The SMILES string of the molecule is CCC1CCC2(CC1)Oc1ccccc1[C@H]1C=C(c3ccco3)NN12. The number of benzene rings is 1. The van der Waals surface area contributed by atoms with Gasteiger partial charge in [-0.25, -0.2) is 0 Å². The number of hydrazine groups is 1. The quantitative estimate of drug-likeness (QED) is 0.849. The zero-order valence-corrected chi connectivity index (χ0v) is 14.6. The second-order valence-electron chi connectivity index (χ2n) is 7.42. The summed E-state index contributed by atoms with van der Waals surface area (Å²) in [6.45, 7) is 2.30. The van der Waals surface area contributed by atoms with E-state index in [0.29, 0.717) is 0 Å². The largest absolute Gasteiger partial charge is 0.471 e. The molecule has 1 saturated carbocycles. The van der Waals surface area contributed by atoms with Crippen molar-refractivity contribution in [2.24, 2.45) is 5.92 Å². The van der Waals surface area contributed by atoms with Crippen LogP contribution in [0.3, 0.4) is 0 Å². The molecule has 1 spiro atoms. The van der Waals surface area contributed by atoms with E-state index in [0.717, 1.165) is 36.0 Å². The molecule has 5 rings (SSSR count). The fourth-order valence-corrected chi connectivity index (χ4v) is 4.57. The highest BCUT2D eigenvalue weighted by atomic mass is 16.5. The number of fused-ring (bicyclic) bond motifs is 4. The van der Waals surface area contributed by atoms with Crippen LogP contribution in [-0.4, -0.2) is 10.7 Å². The van der Waals surface area contributed by atoms with Gasteiger partial charge in [0.1, 0.15) is 5.75 Å². The van der Waals surface area contributed by atoms with Crippen molar-refractivity contribution >= 4 is 5.70 Å². The van der Waals surface area contributed by atoms with Crippen LogP contribution in [0.25, 0.3) is 5.70 Å². The van der Waals surface area contributed by atoms with Gasteiger partial charge in [0.15, 0.2) is 11.5 Å². The first-order chi connectivity index (χ1) is 12.3. The first-order valence-electron chi connectivity index (χ1n) is 9.39. The van der Waals surface area contributed by atoms with E-state index in [9.17, 15) is 0 Å². The third kappa shape index (κ3) is 2.31. The van der Waals surface area contributed by atoms with Gasteiger partial charge in [0.25, 0.3) is 0 Å². The number of ether oxygens (including phenoxy) is 1. The molecule has 2 aromatic rings. The predicted octanol–water partition coefficient (Wildman–Crippen LogP) is 4.87. The molecule has 1 fully saturated rings. The third-order valence-corrected chi connectivity index (χ3v) is 6.07. The van der Waals surface area contributed by atoms with E-state index >= 15 is 0 Å². The fourth-order valence-electron chi connectivity index (χ4n) is 4.57. The van der Waals surface area contributed by atoms with Crippen LogP contribution in [0, 0.1) is 5.92 Å². The lowest BCUT2D eigenvalue weighted by atomic mass is 9.80. The Morgan fingerprint density at radius 3 is 2.76 bits per heavy atom. The van der Waals surface area contributed by atoms with Gasteiger partial charge >= 0.3 is 0 Å². The molecule has 130 valence electrons. The molecule has 0 bridgehead atoms. The minimum absolute atomic E-state index is 0.184. The molecule has 25 heavy (non-hydrogen) atoms. The summed E-state index contributed by atoms with van der Waals surface area (Å²) >= 11 is 0. The molecule has 0 radical (unpaired) electrons. The smallest absolute Gasteiger partial charge is 0.180 e. The summed E-state index contributed by atoms with van der Waals surface area (Å²) in [5, 5.41) is 2.33. The summed E-state index contributed by atoms with van der Waals surface area (Å²) < 4.78 is 12.3. The highest BCUT2D eigenvalue weighted by molar-refractivity contribution is 5.64. The second kappa shape index (κ2) is 5.67. The first-order valence-corrected chi connectivity index (χ1v) is 9.39. The number of nitrogens with one attached hydrogen (secondary N) is 1. The van der Waals surface area contributed by atoms with Crippen molar-refractivity contribution in [3.05, 3.63) is 60.1 Å². The van der Waals surface area contributed by atoms with E-state index in [2.05, 4.69) is 47.7 Å². The number of hydrogen-bond donors (Lipinski definition) is 1. The van der Waals surface area contributed by atoms with E-state index in [1.165, 1.54) is 24.8 Å². The number of furan rings is 1. The van der Waals surface area contributed by atoms with Gasteiger partial charge in [-0.15, -0.1) is 0 Å². The van der Waals surface area contributed by atoms with Crippen molar-refractivity contribution in [1.29, 1.82) is 0 Å². The molecule has 1 aromatic heterocycles. The van der Waals surface area contributed by atoms with Gasteiger partial charge in [-0.1, -0.05) is 31.5 Å². The Morgan fingerprint density at radius 2 is 2.00 bits per heavy atom. The zero-order chi connectivity index (χ0) is 16.9. The molecular weight excluding hydrogens is 312 g/mol. The lowest BCUT2D eigenvalue weighted by Crippen LogP contribution is -2.60. The Labute approximate surface area is 148 Å². The van der Waals surface area contributed by atoms with Crippen molar-refractivity contribution in [2.75, 3.05) is 0 Å². The Kier molecular flexibility index (Phi) is 3.42. The van der Waals surface area contributed by atoms with Crippen molar-refractivity contribution in [3.8, 4) is 5.75 Å². The van der Waals surface area contributed by atoms with E-state index in [4.69, 9.17) is 9.15 Å². The van der Waals surface area contributed by atoms with Gasteiger partial charge in [0.05, 0.1) is 18.0 Å². The molecule has 4 nitrogen and oxygen atoms in total. The number of rotatable bonds is 2. The summed E-state index contributed by atoms with van der Waals surface area (Å²) in [6.07, 6.45) is 9.82. The number of para-hydroxylation sites is 1. The molecule has 1 aromatic carbocycles. The topological polar surface area (TPSA) is 37.6 Å². The van der Waals surface area contributed by atoms with Crippen LogP contribution >= 0.6 is 0 Å². The Bertz CT molecular complexity index is 788. The molecule has 0 saturated heterocycles. The summed E-state index contributed by atoms with van der Waals surface area (Å²) in [7, 11) is 0. The molecule has 1 N–H and O–H groups in total. The van der Waals surface area contributed by atoms with Crippen LogP contribution in [0.4, 0.5) is 0 Å². The molecule has 0 amide bonds. The predicted molar refractivity (Wildman–Crippen MR) is 96.5 cm³/mol. The Morgan fingerprint density at radius 1 is 1.16 bits per heavy atom. The number of nitrogens with zero attached hydrogens (tertiary/aromatic N) is 1. The van der Waals surface area contributed by atoms with E-state index in [-0.39, 0.29) is 11.8 Å². The van der Waals surface area contributed by atoms with Gasteiger partial charge in [0, 0.05) is 18.4 Å². The first kappa shape index (κ1) is 15.1. The lowest BCUT2D eigenvalue weighted by Gasteiger charge is -2.51. The molecule has 3 aliphatic rings. The zero-order valence-electron chi connectivity index (χ0n) is 14.6. The number of hydrogen-bond acceptors (Lipinski definition) is 4. The molecule has 2 aliphatic heterocycles. The lowest BCUT2D eigenvalue weighted by molar-refractivity contribution is -0.156. The molecule has 1 atom stereocenters. The maximum Gasteiger partial charge on any atom is 0.180 e. The van der Waals surface area contributed by atoms with E-state index < -0.39 is 0 Å². The van der Waals surface area contributed by atoms with Gasteiger partial charge in [-0.05, 0) is 43.0 Å². The minimum atomic E-state index is -0.268. The Hall–Kier alpha value is -2.20. The maximum absolute atomic E-state index is 6.63. The normalized spacial score (nSPS) is 31.0. The van der Waals surface area contributed by atoms with Crippen LogP contribution in [-0.2, 0) is 0 Å². The average Bonchev–Trinajstić information content (AvgIpc) is 3.33. The summed E-state index contributed by atoms with van der Waals surface area (Å²) in [5.74, 6) is 2.73. The van der Waals surface area contributed by atoms with Gasteiger partial charge in [-0.3, -0.25) is 0 Å². The minimum Gasteiger partial charge on any atom is -0.471 e. The van der Waals surface area contributed by atoms with Crippen molar-refractivity contribution in [3.63, 3.8) is 0 Å². The second-order valence-corrected chi connectivity index (χ2v) is 7.42. The van der Waals surface area contributed by atoms with Crippen LogP contribution in [0.5, 0.6) is 5.75 Å². The molecule has 4 heteroatoms. The standard InChI is InChI=1S/C21H24N2O2/c1-2-15-9-11-21(12-10-15)23-18(16-6-3-4-7-19(16)25-21)14-17(22-23)20-8-5-13-24-20/h3-8,13-15,18,22H,2,9-12H2,1H3/t15?,18-,21?/m1/s1. The van der Waals surface area contributed by atoms with Crippen LogP contribution < -0.4 is 10.2 Å². The summed E-state index contributed by atoms with van der Waals surface area (Å²) in [4.78, 5) is 0. The monoisotopic (exact) mass is 336 g/mol. The maximum atomic E-state index is 6.63. The van der Waals surface area contributed by atoms with Crippen LogP contribution in [0.2, 0.25) is 0 Å². The highest BCUT2D eigenvalue weighted by Crippen LogP contribution is 2.50. The molecular formula is C21H24N2O2. The summed E-state index contributed by atoms with van der Waals surface area (Å²) in [5.41, 5.74) is 5.59. The third-order valence-electron chi connectivity index (χ3n) is 6.07. The average molecular weight is 336 g/mol. The van der Waals surface area contributed by atoms with E-state index in [1.54, 1.807) is 6.26 Å². The van der Waals surface area contributed by atoms with Crippen LogP contribution in [0.1, 0.15) is 56.4 Å². The summed E-state index contributed by atoms with van der Waals surface area (Å²) in [6, 6.07) is 12.6. The Balaban J connectivity index is 1.55. The molecule has 0 unspecified atom stereocenters. The van der Waals surface area contributed by atoms with Crippen molar-refractivity contribution in [2.45, 2.75) is 50.8 Å². The van der Waals surface area contributed by atoms with Crippen LogP contribution in [0.15, 0.2) is 53.2 Å². The van der Waals surface area contributed by atoms with Gasteiger partial charge < -0.3 is 14.6 Å². The van der Waals surface area contributed by atoms with Gasteiger partial charge in [0.2, 0.25) is 0 Å². The van der Waals surface area contributed by atoms with Crippen molar-refractivity contribution < 1.29 is 9.15 Å². The molecule has 3 heterocycles. The fraction of sp³-hybridized carbons (Fsp3) is 0.429. The van der Waals surface area contributed by atoms with Gasteiger partial charge in [-0.2, -0.15) is 5.01 Å². The highest BCUT2D eigenvalue weighted by Gasteiger charge is 2.51. The van der Waals surface area contributed by atoms with Crippen molar-refractivity contribution in [1.82, 2.24) is 10.4 Å². The molecule has 1 aliphatic carbocycles.